The number of amidine groups is 1. The second kappa shape index (κ2) is 4.72. The Bertz CT molecular complexity index is 514. The fourth-order valence-electron chi connectivity index (χ4n) is 1.15. The number of imidazole rings is 1. The van der Waals surface area contributed by atoms with Crippen molar-refractivity contribution >= 4 is 15.9 Å². The molecule has 0 aromatic carbocycles. The van der Waals surface area contributed by atoms with Crippen LogP contribution in [0.5, 0.6) is 0 Å². The van der Waals surface area contributed by atoms with E-state index in [1.807, 2.05) is 0 Å². The summed E-state index contributed by atoms with van der Waals surface area (Å²) in [4.78, 5) is 3.93. The van der Waals surface area contributed by atoms with Crippen LogP contribution in [0.15, 0.2) is 16.4 Å². The van der Waals surface area contributed by atoms with Crippen LogP contribution < -0.4 is 5.73 Å². The molecule has 1 rings (SSSR count). The van der Waals surface area contributed by atoms with E-state index in [1.54, 1.807) is 18.5 Å². The van der Waals surface area contributed by atoms with E-state index >= 15 is 0 Å². The van der Waals surface area contributed by atoms with Gasteiger partial charge in [-0.1, -0.05) is 5.16 Å². The minimum atomic E-state index is -3.72. The second-order valence-corrected chi connectivity index (χ2v) is 5.58. The van der Waals surface area contributed by atoms with Crippen molar-refractivity contribution in [3.8, 4) is 0 Å². The maximum Gasteiger partial charge on any atom is 0.262 e. The van der Waals surface area contributed by atoms with Crippen molar-refractivity contribution in [3.63, 3.8) is 0 Å². The van der Waals surface area contributed by atoms with Crippen LogP contribution >= 0.6 is 0 Å². The zero-order valence-electron chi connectivity index (χ0n) is 9.82. The van der Waals surface area contributed by atoms with E-state index in [0.29, 0.717) is 5.82 Å². The summed E-state index contributed by atoms with van der Waals surface area (Å²) in [6, 6.07) is 0. The lowest BCUT2D eigenvalue weighted by Crippen LogP contribution is -2.35. The number of aryl methyl sites for hydroxylation is 2. The van der Waals surface area contributed by atoms with Crippen LogP contribution in [0.1, 0.15) is 5.82 Å². The van der Waals surface area contributed by atoms with Gasteiger partial charge in [-0.05, 0) is 6.92 Å². The highest BCUT2D eigenvalue weighted by Crippen LogP contribution is 2.12. The second-order valence-electron chi connectivity index (χ2n) is 3.59. The van der Waals surface area contributed by atoms with Crippen LogP contribution in [0, 0.1) is 6.92 Å². The number of nitrogens with two attached hydrogens (primary N) is 1. The molecule has 0 aliphatic rings. The number of oxime groups is 1. The van der Waals surface area contributed by atoms with Gasteiger partial charge in [-0.2, -0.15) is 4.31 Å². The Morgan fingerprint density at radius 2 is 2.29 bits per heavy atom. The Hall–Kier alpha value is -1.61. The first kappa shape index (κ1) is 13.5. The van der Waals surface area contributed by atoms with Gasteiger partial charge in [0.05, 0.1) is 6.54 Å². The molecule has 3 N–H and O–H groups in total. The van der Waals surface area contributed by atoms with Crippen molar-refractivity contribution in [3.05, 3.63) is 12.0 Å². The zero-order chi connectivity index (χ0) is 13.2. The van der Waals surface area contributed by atoms with E-state index in [-0.39, 0.29) is 17.4 Å². The number of likely N-dealkylation sites (N-methyl/N-ethyl adjacent to an activating group) is 1. The molecule has 1 aromatic heterocycles. The Morgan fingerprint density at radius 1 is 1.71 bits per heavy atom. The van der Waals surface area contributed by atoms with Gasteiger partial charge in [-0.25, -0.2) is 13.4 Å². The van der Waals surface area contributed by atoms with Crippen molar-refractivity contribution in [2.75, 3.05) is 13.6 Å². The molecule has 9 heteroatoms. The van der Waals surface area contributed by atoms with E-state index in [1.165, 1.54) is 13.2 Å². The van der Waals surface area contributed by atoms with Crippen LogP contribution in [0.25, 0.3) is 0 Å². The molecule has 0 spiro atoms. The molecule has 0 amide bonds. The van der Waals surface area contributed by atoms with E-state index in [0.717, 1.165) is 4.31 Å². The third kappa shape index (κ3) is 2.74. The SMILES string of the molecule is Cc1nc(S(=O)(=O)N(C)CC(N)=NO)cn1C. The highest BCUT2D eigenvalue weighted by atomic mass is 32.2. The molecule has 1 heterocycles. The first-order chi connectivity index (χ1) is 7.78. The number of hydrogen-bond donors (Lipinski definition) is 2. The normalized spacial score (nSPS) is 13.3. The first-order valence-corrected chi connectivity index (χ1v) is 6.15. The van der Waals surface area contributed by atoms with E-state index in [2.05, 4.69) is 10.1 Å². The predicted octanol–water partition coefficient (Wildman–Crippen LogP) is -0.905. The minimum absolute atomic E-state index is 0.0641. The molecule has 0 unspecified atom stereocenters. The van der Waals surface area contributed by atoms with Gasteiger partial charge in [0.25, 0.3) is 10.0 Å². The van der Waals surface area contributed by atoms with Gasteiger partial charge in [-0.3, -0.25) is 0 Å². The van der Waals surface area contributed by atoms with Crippen LogP contribution in [0.4, 0.5) is 0 Å². The Labute approximate surface area is 99.4 Å². The van der Waals surface area contributed by atoms with Crippen LogP contribution in [0.2, 0.25) is 0 Å². The Morgan fingerprint density at radius 3 is 2.71 bits per heavy atom. The van der Waals surface area contributed by atoms with Crippen molar-refractivity contribution in [2.45, 2.75) is 11.9 Å². The Kier molecular flexibility index (Phi) is 3.73. The molecule has 8 nitrogen and oxygen atoms in total. The molecule has 0 atom stereocenters. The molecule has 1 aromatic rings. The summed E-state index contributed by atoms with van der Waals surface area (Å²) in [5, 5.41) is 11.0. The lowest BCUT2D eigenvalue weighted by molar-refractivity contribution is 0.315. The summed E-state index contributed by atoms with van der Waals surface area (Å²) in [5.74, 6) is 0.393. The highest BCUT2D eigenvalue weighted by Gasteiger charge is 2.24. The number of hydrogen-bond acceptors (Lipinski definition) is 5. The van der Waals surface area contributed by atoms with Crippen molar-refractivity contribution < 1.29 is 13.6 Å². The van der Waals surface area contributed by atoms with Gasteiger partial charge >= 0.3 is 0 Å². The molecule has 0 aliphatic heterocycles. The van der Waals surface area contributed by atoms with Crippen molar-refractivity contribution in [1.82, 2.24) is 13.9 Å². The molecular formula is C8H15N5O3S. The van der Waals surface area contributed by atoms with Gasteiger partial charge in [0, 0.05) is 20.3 Å². The van der Waals surface area contributed by atoms with E-state index < -0.39 is 10.0 Å². The smallest absolute Gasteiger partial charge is 0.262 e. The molecule has 17 heavy (non-hydrogen) atoms. The summed E-state index contributed by atoms with van der Waals surface area (Å²) < 4.78 is 26.6. The molecule has 0 saturated heterocycles. The molecule has 0 radical (unpaired) electrons. The number of rotatable bonds is 4. The van der Waals surface area contributed by atoms with Crippen LogP contribution in [-0.2, 0) is 17.1 Å². The monoisotopic (exact) mass is 261 g/mol. The van der Waals surface area contributed by atoms with Crippen molar-refractivity contribution in [2.24, 2.45) is 17.9 Å². The van der Waals surface area contributed by atoms with Crippen LogP contribution in [0.3, 0.4) is 0 Å². The summed E-state index contributed by atoms with van der Waals surface area (Å²) in [6.07, 6.45) is 1.41. The number of sulfonamides is 1. The molecule has 96 valence electrons. The molecule has 0 bridgehead atoms. The lowest BCUT2D eigenvalue weighted by Gasteiger charge is -2.14. The fraction of sp³-hybridized carbons (Fsp3) is 0.500. The van der Waals surface area contributed by atoms with Crippen LogP contribution in [-0.4, -0.2) is 46.9 Å². The Balaban J connectivity index is 3.03. The summed E-state index contributed by atoms with van der Waals surface area (Å²) in [6.45, 7) is 1.50. The average Bonchev–Trinajstić information content (AvgIpc) is 2.59. The standard InChI is InChI=1S/C8H15N5O3S/c1-6-10-8(5-12(6)2)17(15,16)13(3)4-7(9)11-14/h5,14H,4H2,1-3H3,(H2,9,11). The largest absolute Gasteiger partial charge is 0.409 e. The number of nitrogens with zero attached hydrogens (tertiary/aromatic N) is 4. The number of aromatic nitrogens is 2. The molecule has 0 aliphatic carbocycles. The van der Waals surface area contributed by atoms with Gasteiger partial charge in [0.15, 0.2) is 10.9 Å². The average molecular weight is 261 g/mol. The summed E-state index contributed by atoms with van der Waals surface area (Å²) in [5.41, 5.74) is 5.25. The maximum atomic E-state index is 12.0. The van der Waals surface area contributed by atoms with E-state index in [4.69, 9.17) is 10.9 Å². The van der Waals surface area contributed by atoms with Gasteiger partial charge in [0.2, 0.25) is 0 Å². The molecule has 0 fully saturated rings. The van der Waals surface area contributed by atoms with Crippen molar-refractivity contribution in [1.29, 1.82) is 0 Å². The van der Waals surface area contributed by atoms with Gasteiger partial charge < -0.3 is 15.5 Å². The third-order valence-electron chi connectivity index (χ3n) is 2.27. The minimum Gasteiger partial charge on any atom is -0.409 e. The topological polar surface area (TPSA) is 114 Å². The quantitative estimate of drug-likeness (QED) is 0.315. The first-order valence-electron chi connectivity index (χ1n) is 4.71. The predicted molar refractivity (Wildman–Crippen MR) is 61.2 cm³/mol. The van der Waals surface area contributed by atoms with Gasteiger partial charge in [0.1, 0.15) is 5.82 Å². The third-order valence-corrected chi connectivity index (χ3v) is 3.95. The molecular weight excluding hydrogens is 246 g/mol. The lowest BCUT2D eigenvalue weighted by atomic mass is 10.6. The summed E-state index contributed by atoms with van der Waals surface area (Å²) >= 11 is 0. The summed E-state index contributed by atoms with van der Waals surface area (Å²) in [7, 11) is -0.686. The fourth-order valence-corrected chi connectivity index (χ4v) is 2.32. The highest BCUT2D eigenvalue weighted by molar-refractivity contribution is 7.89. The zero-order valence-corrected chi connectivity index (χ0v) is 10.6. The van der Waals surface area contributed by atoms with E-state index in [9.17, 15) is 8.42 Å². The van der Waals surface area contributed by atoms with Gasteiger partial charge in [-0.15, -0.1) is 0 Å². The maximum absolute atomic E-state index is 12.0. The molecule has 0 saturated carbocycles.